The Balaban J connectivity index is 1.06. The first-order chi connectivity index (χ1) is 19.1. The van der Waals surface area contributed by atoms with Gasteiger partial charge in [-0.3, -0.25) is 4.90 Å². The molecule has 0 radical (unpaired) electrons. The second-order valence-corrected chi connectivity index (χ2v) is 12.0. The molecule has 7 heteroatoms. The number of likely N-dealkylation sites (tertiary alicyclic amines) is 1. The maximum absolute atomic E-state index is 6.51. The van der Waals surface area contributed by atoms with Crippen LogP contribution in [0.2, 0.25) is 5.02 Å². The zero-order valence-electron chi connectivity index (χ0n) is 21.6. The molecule has 1 atom stereocenters. The van der Waals surface area contributed by atoms with E-state index in [2.05, 4.69) is 79.8 Å². The lowest BCUT2D eigenvalue weighted by atomic mass is 9.87. The molecule has 1 saturated heterocycles. The number of halogens is 2. The number of benzene rings is 3. The van der Waals surface area contributed by atoms with E-state index in [1.54, 1.807) is 6.20 Å². The Hall–Kier alpha value is -3.19. The van der Waals surface area contributed by atoms with Crippen molar-refractivity contribution in [3.8, 4) is 22.4 Å². The normalized spacial score (nSPS) is 16.8. The van der Waals surface area contributed by atoms with Gasteiger partial charge in [0, 0.05) is 36.3 Å². The highest BCUT2D eigenvalue weighted by Gasteiger charge is 2.22. The predicted molar refractivity (Wildman–Crippen MR) is 162 cm³/mol. The van der Waals surface area contributed by atoms with E-state index in [9.17, 15) is 0 Å². The molecule has 0 saturated carbocycles. The fourth-order valence-electron chi connectivity index (χ4n) is 6.08. The molecular weight excluding hydrogens is 570 g/mol. The van der Waals surface area contributed by atoms with Gasteiger partial charge in [-0.15, -0.1) is 0 Å². The lowest BCUT2D eigenvalue weighted by molar-refractivity contribution is 0.173. The van der Waals surface area contributed by atoms with Crippen LogP contribution in [0, 0.1) is 5.92 Å². The predicted octanol–water partition coefficient (Wildman–Crippen LogP) is 7.71. The number of fused-ring (bicyclic) bond motifs is 5. The van der Waals surface area contributed by atoms with Crippen molar-refractivity contribution < 1.29 is 0 Å². The average Bonchev–Trinajstić information content (AvgIpc) is 3.33. The molecule has 3 aromatic carbocycles. The molecule has 1 N–H and O–H groups in total. The van der Waals surface area contributed by atoms with Crippen LogP contribution in [0.15, 0.2) is 83.5 Å². The lowest BCUT2D eigenvalue weighted by Crippen LogP contribution is -2.37. The third kappa shape index (κ3) is 4.97. The highest BCUT2D eigenvalue weighted by Crippen LogP contribution is 2.33. The van der Waals surface area contributed by atoms with Crippen LogP contribution in [-0.2, 0) is 13.0 Å². The molecule has 39 heavy (non-hydrogen) atoms. The summed E-state index contributed by atoms with van der Waals surface area (Å²) in [4.78, 5) is 7.45. The SMILES string of the molecule is Clc1ccccc1-c1cc(NCC2CCCN(Cc3ccc4c(c3)Cc3cccc-4c3)C2)n2ncc(Br)c2n1. The first-order valence-electron chi connectivity index (χ1n) is 13.6. The van der Waals surface area contributed by atoms with Gasteiger partial charge in [0.05, 0.1) is 16.4 Å². The third-order valence-corrected chi connectivity index (χ3v) is 8.85. The minimum absolute atomic E-state index is 0.558. The van der Waals surface area contributed by atoms with Crippen LogP contribution in [-0.4, -0.2) is 39.1 Å². The number of piperidine rings is 1. The molecule has 1 fully saturated rings. The second kappa shape index (κ2) is 10.4. The standard InChI is InChI=1S/C32H29BrClN5/c33-28-18-36-39-31(16-30(37-32(28)39)27-8-1-2-9-29(27)34)35-17-23-6-4-12-38(20-23)19-22-10-11-26-24-7-3-5-21(13-24)14-25(26)15-22/h1-3,5,7-11,13,15-16,18,23,35H,4,6,12,14,17,19-20H2. The van der Waals surface area contributed by atoms with Crippen LogP contribution in [0.25, 0.3) is 28.0 Å². The maximum Gasteiger partial charge on any atom is 0.172 e. The molecule has 2 bridgehead atoms. The van der Waals surface area contributed by atoms with Crippen molar-refractivity contribution in [1.29, 1.82) is 0 Å². The van der Waals surface area contributed by atoms with E-state index in [0.717, 1.165) is 59.8 Å². The van der Waals surface area contributed by atoms with Crippen molar-refractivity contribution in [2.45, 2.75) is 25.8 Å². The Morgan fingerprint density at radius 1 is 1.00 bits per heavy atom. The summed E-state index contributed by atoms with van der Waals surface area (Å²) in [7, 11) is 0. The molecule has 2 aromatic heterocycles. The quantitative estimate of drug-likeness (QED) is 0.213. The Morgan fingerprint density at radius 2 is 1.92 bits per heavy atom. The Labute approximate surface area is 242 Å². The number of rotatable bonds is 6. The van der Waals surface area contributed by atoms with Gasteiger partial charge in [-0.25, -0.2) is 4.98 Å². The number of aromatic nitrogens is 3. The molecule has 5 aromatic rings. The van der Waals surface area contributed by atoms with E-state index >= 15 is 0 Å². The van der Waals surface area contributed by atoms with E-state index < -0.39 is 0 Å². The van der Waals surface area contributed by atoms with Crippen LogP contribution in [0.3, 0.4) is 0 Å². The van der Waals surface area contributed by atoms with Gasteiger partial charge in [0.25, 0.3) is 0 Å². The molecule has 5 nitrogen and oxygen atoms in total. The van der Waals surface area contributed by atoms with Gasteiger partial charge in [0.15, 0.2) is 5.65 Å². The van der Waals surface area contributed by atoms with Crippen LogP contribution < -0.4 is 5.32 Å². The molecule has 0 spiro atoms. The smallest absolute Gasteiger partial charge is 0.172 e. The molecule has 1 unspecified atom stereocenters. The van der Waals surface area contributed by atoms with Crippen molar-refractivity contribution in [2.24, 2.45) is 5.92 Å². The van der Waals surface area contributed by atoms with Gasteiger partial charge in [-0.05, 0) is 81.5 Å². The fourth-order valence-corrected chi connectivity index (χ4v) is 6.66. The number of nitrogens with one attached hydrogen (secondary N) is 1. The molecule has 2 aliphatic rings. The number of nitrogens with zero attached hydrogens (tertiary/aromatic N) is 4. The van der Waals surface area contributed by atoms with Gasteiger partial charge in [-0.1, -0.05) is 72.3 Å². The summed E-state index contributed by atoms with van der Waals surface area (Å²) in [5.74, 6) is 1.48. The topological polar surface area (TPSA) is 45.5 Å². The van der Waals surface area contributed by atoms with E-state index in [1.165, 1.54) is 40.7 Å². The highest BCUT2D eigenvalue weighted by atomic mass is 79.9. The van der Waals surface area contributed by atoms with Gasteiger partial charge < -0.3 is 5.32 Å². The van der Waals surface area contributed by atoms with Gasteiger partial charge in [0.1, 0.15) is 5.82 Å². The molecule has 3 heterocycles. The first-order valence-corrected chi connectivity index (χ1v) is 14.7. The van der Waals surface area contributed by atoms with Gasteiger partial charge >= 0.3 is 0 Å². The van der Waals surface area contributed by atoms with Crippen molar-refractivity contribution in [3.05, 3.63) is 105 Å². The number of anilines is 1. The minimum Gasteiger partial charge on any atom is -0.370 e. The fraction of sp³-hybridized carbons (Fsp3) is 0.250. The van der Waals surface area contributed by atoms with Crippen LogP contribution in [0.5, 0.6) is 0 Å². The summed E-state index contributed by atoms with van der Waals surface area (Å²) < 4.78 is 2.73. The molecule has 0 amide bonds. The zero-order valence-corrected chi connectivity index (χ0v) is 23.9. The molecule has 196 valence electrons. The summed E-state index contributed by atoms with van der Waals surface area (Å²) in [6, 6.07) is 25.9. The Kier molecular flexibility index (Phi) is 6.63. The summed E-state index contributed by atoms with van der Waals surface area (Å²) in [5.41, 5.74) is 9.53. The summed E-state index contributed by atoms with van der Waals surface area (Å²) in [6.45, 7) is 4.11. The average molecular weight is 599 g/mol. The molecule has 1 aliphatic heterocycles. The highest BCUT2D eigenvalue weighted by molar-refractivity contribution is 9.10. The lowest BCUT2D eigenvalue weighted by Gasteiger charge is -2.33. The van der Waals surface area contributed by atoms with E-state index in [-0.39, 0.29) is 0 Å². The molecular formula is C32H29BrClN5. The largest absolute Gasteiger partial charge is 0.370 e. The van der Waals surface area contributed by atoms with E-state index in [0.29, 0.717) is 10.9 Å². The van der Waals surface area contributed by atoms with Gasteiger partial charge in [0.2, 0.25) is 0 Å². The number of hydrogen-bond acceptors (Lipinski definition) is 4. The Morgan fingerprint density at radius 3 is 2.85 bits per heavy atom. The van der Waals surface area contributed by atoms with Crippen molar-refractivity contribution in [3.63, 3.8) is 0 Å². The van der Waals surface area contributed by atoms with Gasteiger partial charge in [-0.2, -0.15) is 9.61 Å². The van der Waals surface area contributed by atoms with E-state index in [4.69, 9.17) is 16.6 Å². The molecule has 1 aliphatic carbocycles. The third-order valence-electron chi connectivity index (χ3n) is 7.96. The van der Waals surface area contributed by atoms with Crippen LogP contribution >= 0.6 is 27.5 Å². The second-order valence-electron chi connectivity index (χ2n) is 10.7. The van der Waals surface area contributed by atoms with Crippen molar-refractivity contribution in [1.82, 2.24) is 19.5 Å². The van der Waals surface area contributed by atoms with Crippen LogP contribution in [0.4, 0.5) is 5.82 Å². The Bertz CT molecular complexity index is 1680. The monoisotopic (exact) mass is 597 g/mol. The molecule has 7 rings (SSSR count). The van der Waals surface area contributed by atoms with Crippen molar-refractivity contribution in [2.75, 3.05) is 25.0 Å². The zero-order chi connectivity index (χ0) is 26.3. The minimum atomic E-state index is 0.558. The van der Waals surface area contributed by atoms with Crippen LogP contribution in [0.1, 0.15) is 29.5 Å². The van der Waals surface area contributed by atoms with E-state index in [1.807, 2.05) is 28.8 Å². The summed E-state index contributed by atoms with van der Waals surface area (Å²) >= 11 is 10.1. The maximum atomic E-state index is 6.51. The first kappa shape index (κ1) is 24.8. The summed E-state index contributed by atoms with van der Waals surface area (Å²) in [5, 5.41) is 8.94. The number of hydrogen-bond donors (Lipinski definition) is 1. The summed E-state index contributed by atoms with van der Waals surface area (Å²) in [6.07, 6.45) is 5.26. The van der Waals surface area contributed by atoms with Crippen molar-refractivity contribution >= 4 is 39.0 Å².